The lowest BCUT2D eigenvalue weighted by Crippen LogP contribution is -2.46. The largest absolute Gasteiger partial charge is 0.397 e. The van der Waals surface area contributed by atoms with E-state index in [1.165, 1.54) is 6.20 Å². The SMILES string of the molecule is CC(C)(C)N1CCC(n2cc([C@@H](Nc3cc(Cl)cc4c(N)c(C#N)cnc34)c3ccccc3)nn2)CC1. The summed E-state index contributed by atoms with van der Waals surface area (Å²) >= 11 is 6.47. The molecule has 1 saturated heterocycles. The molecule has 1 fully saturated rings. The average Bonchev–Trinajstić information content (AvgIpc) is 3.38. The standard InChI is InChI=1S/C28H31ClN8/c1-28(2,3)36-11-9-21(10-12-36)37-17-24(34-35-37)26(18-7-5-4-6-8-18)33-23-14-20(29)13-22-25(31)19(15-30)16-32-27(22)23/h4-8,13-14,16-17,21,26,33H,9-12H2,1-3H3,(H2,31,32)/t26-/m0/s1. The Labute approximate surface area is 222 Å². The van der Waals surface area contributed by atoms with Crippen LogP contribution >= 0.6 is 11.6 Å². The molecule has 1 aliphatic rings. The summed E-state index contributed by atoms with van der Waals surface area (Å²) in [6.07, 6.45) is 5.61. The Kier molecular flexibility index (Phi) is 6.76. The maximum atomic E-state index is 9.38. The van der Waals surface area contributed by atoms with Gasteiger partial charge >= 0.3 is 0 Å². The molecule has 0 bridgehead atoms. The molecule has 1 atom stereocenters. The zero-order valence-electron chi connectivity index (χ0n) is 21.3. The number of nitrogens with zero attached hydrogens (tertiary/aromatic N) is 6. The van der Waals surface area contributed by atoms with E-state index >= 15 is 0 Å². The molecular weight excluding hydrogens is 484 g/mol. The van der Waals surface area contributed by atoms with Crippen molar-refractivity contribution in [2.24, 2.45) is 0 Å². The number of pyridine rings is 1. The zero-order valence-corrected chi connectivity index (χ0v) is 22.1. The topological polar surface area (TPSA) is 109 Å². The third-order valence-electron chi connectivity index (χ3n) is 7.14. The molecule has 3 heterocycles. The number of rotatable bonds is 5. The van der Waals surface area contributed by atoms with Crippen LogP contribution in [-0.4, -0.2) is 43.5 Å². The van der Waals surface area contributed by atoms with Gasteiger partial charge in [-0.1, -0.05) is 47.1 Å². The molecule has 0 saturated carbocycles. The van der Waals surface area contributed by atoms with Crippen molar-refractivity contribution in [1.82, 2.24) is 24.9 Å². The highest BCUT2D eigenvalue weighted by Gasteiger charge is 2.29. The van der Waals surface area contributed by atoms with Gasteiger partial charge in [-0.25, -0.2) is 4.68 Å². The summed E-state index contributed by atoms with van der Waals surface area (Å²) in [5.41, 5.74) is 10.3. The first-order valence-electron chi connectivity index (χ1n) is 12.5. The summed E-state index contributed by atoms with van der Waals surface area (Å²) in [5, 5.41) is 23.2. The van der Waals surface area contributed by atoms with Crippen molar-refractivity contribution in [2.75, 3.05) is 24.1 Å². The van der Waals surface area contributed by atoms with E-state index in [4.69, 9.17) is 17.3 Å². The number of anilines is 2. The van der Waals surface area contributed by atoms with Crippen molar-refractivity contribution < 1.29 is 0 Å². The van der Waals surface area contributed by atoms with Crippen molar-refractivity contribution in [1.29, 1.82) is 5.26 Å². The van der Waals surface area contributed by atoms with Crippen LogP contribution in [0.1, 0.15) is 62.5 Å². The van der Waals surface area contributed by atoms with Gasteiger partial charge < -0.3 is 11.1 Å². The average molecular weight is 515 g/mol. The minimum atomic E-state index is -0.287. The van der Waals surface area contributed by atoms with Crippen LogP contribution in [0.2, 0.25) is 5.02 Å². The highest BCUT2D eigenvalue weighted by molar-refractivity contribution is 6.32. The molecule has 0 aliphatic carbocycles. The molecule has 0 radical (unpaired) electrons. The number of nitrogens with one attached hydrogen (secondary N) is 1. The smallest absolute Gasteiger partial charge is 0.109 e. The highest BCUT2D eigenvalue weighted by atomic mass is 35.5. The van der Waals surface area contributed by atoms with Crippen molar-refractivity contribution in [3.8, 4) is 6.07 Å². The molecule has 190 valence electrons. The van der Waals surface area contributed by atoms with Crippen LogP contribution < -0.4 is 11.1 Å². The number of nitriles is 1. The summed E-state index contributed by atoms with van der Waals surface area (Å²) in [4.78, 5) is 7.05. The van der Waals surface area contributed by atoms with E-state index in [1.807, 2.05) is 35.1 Å². The Bertz CT molecular complexity index is 1440. The van der Waals surface area contributed by atoms with Gasteiger partial charge in [0.2, 0.25) is 0 Å². The van der Waals surface area contributed by atoms with Crippen LogP contribution in [0.15, 0.2) is 54.9 Å². The van der Waals surface area contributed by atoms with E-state index in [-0.39, 0.29) is 11.6 Å². The number of piperidine rings is 1. The number of hydrogen-bond donors (Lipinski definition) is 2. The van der Waals surface area contributed by atoms with Gasteiger partial charge in [-0.05, 0) is 51.3 Å². The van der Waals surface area contributed by atoms with Crippen LogP contribution in [0.25, 0.3) is 10.9 Å². The molecule has 37 heavy (non-hydrogen) atoms. The number of nitrogens with two attached hydrogens (primary N) is 1. The maximum absolute atomic E-state index is 9.38. The Hall–Kier alpha value is -3.67. The Morgan fingerprint density at radius 2 is 1.89 bits per heavy atom. The fourth-order valence-corrected chi connectivity index (χ4v) is 5.24. The number of aromatic nitrogens is 4. The van der Waals surface area contributed by atoms with E-state index in [1.54, 1.807) is 6.07 Å². The molecule has 2 aromatic heterocycles. The summed E-state index contributed by atoms with van der Waals surface area (Å²) in [7, 11) is 0. The zero-order chi connectivity index (χ0) is 26.2. The fraction of sp³-hybridized carbons (Fsp3) is 0.357. The fourth-order valence-electron chi connectivity index (χ4n) is 5.02. The quantitative estimate of drug-likeness (QED) is 0.358. The van der Waals surface area contributed by atoms with Crippen LogP contribution in [0, 0.1) is 11.3 Å². The van der Waals surface area contributed by atoms with Gasteiger partial charge in [-0.15, -0.1) is 5.10 Å². The van der Waals surface area contributed by atoms with Gasteiger partial charge in [0.05, 0.1) is 40.7 Å². The van der Waals surface area contributed by atoms with E-state index < -0.39 is 0 Å². The predicted octanol–water partition coefficient (Wildman–Crippen LogP) is 5.57. The first-order valence-corrected chi connectivity index (χ1v) is 12.9. The summed E-state index contributed by atoms with van der Waals surface area (Å²) in [5.74, 6) is 0. The lowest BCUT2D eigenvalue weighted by Gasteiger charge is -2.40. The predicted molar refractivity (Wildman–Crippen MR) is 147 cm³/mol. The van der Waals surface area contributed by atoms with Crippen LogP contribution in [0.3, 0.4) is 0 Å². The third kappa shape index (κ3) is 5.10. The van der Waals surface area contributed by atoms with Gasteiger partial charge in [-0.3, -0.25) is 9.88 Å². The lowest BCUT2D eigenvalue weighted by molar-refractivity contribution is 0.0866. The van der Waals surface area contributed by atoms with E-state index in [0.29, 0.717) is 38.9 Å². The molecule has 3 N–H and O–H groups in total. The molecule has 8 nitrogen and oxygen atoms in total. The monoisotopic (exact) mass is 514 g/mol. The molecular formula is C28H31ClN8. The van der Waals surface area contributed by atoms with Gasteiger partial charge in [0, 0.05) is 35.2 Å². The number of benzene rings is 2. The third-order valence-corrected chi connectivity index (χ3v) is 7.36. The van der Waals surface area contributed by atoms with E-state index in [0.717, 1.165) is 37.2 Å². The molecule has 1 aliphatic heterocycles. The second-order valence-electron chi connectivity index (χ2n) is 10.5. The maximum Gasteiger partial charge on any atom is 0.109 e. The number of halogens is 1. The van der Waals surface area contributed by atoms with Crippen LogP contribution in [0.5, 0.6) is 0 Å². The summed E-state index contributed by atoms with van der Waals surface area (Å²) in [6.45, 7) is 8.87. The van der Waals surface area contributed by atoms with Gasteiger partial charge in [-0.2, -0.15) is 5.26 Å². The second kappa shape index (κ2) is 10.0. The van der Waals surface area contributed by atoms with Gasteiger partial charge in [0.25, 0.3) is 0 Å². The molecule has 0 amide bonds. The van der Waals surface area contributed by atoms with Crippen LogP contribution in [0.4, 0.5) is 11.4 Å². The van der Waals surface area contributed by atoms with Crippen molar-refractivity contribution in [3.63, 3.8) is 0 Å². The van der Waals surface area contributed by atoms with Crippen LogP contribution in [-0.2, 0) is 0 Å². The van der Waals surface area contributed by atoms with Crippen molar-refractivity contribution in [3.05, 3.63) is 76.7 Å². The number of hydrogen-bond acceptors (Lipinski definition) is 7. The van der Waals surface area contributed by atoms with Gasteiger partial charge in [0.15, 0.2) is 0 Å². The Morgan fingerprint density at radius 3 is 2.57 bits per heavy atom. The van der Waals surface area contributed by atoms with Gasteiger partial charge in [0.1, 0.15) is 11.8 Å². The normalized spacial score (nSPS) is 16.0. The number of fused-ring (bicyclic) bond motifs is 1. The highest BCUT2D eigenvalue weighted by Crippen LogP contribution is 2.35. The first-order chi connectivity index (χ1) is 17.7. The molecule has 5 rings (SSSR count). The molecule has 0 unspecified atom stereocenters. The Morgan fingerprint density at radius 1 is 1.16 bits per heavy atom. The molecule has 0 spiro atoms. The minimum absolute atomic E-state index is 0.173. The number of nitrogen functional groups attached to an aromatic ring is 1. The lowest BCUT2D eigenvalue weighted by atomic mass is 9.98. The van der Waals surface area contributed by atoms with E-state index in [2.05, 4.69) is 64.5 Å². The van der Waals surface area contributed by atoms with E-state index in [9.17, 15) is 5.26 Å². The number of likely N-dealkylation sites (tertiary alicyclic amines) is 1. The summed E-state index contributed by atoms with van der Waals surface area (Å²) in [6, 6.07) is 15.8. The minimum Gasteiger partial charge on any atom is -0.397 e. The Balaban J connectivity index is 1.48. The second-order valence-corrected chi connectivity index (χ2v) is 11.0. The van der Waals surface area contributed by atoms with Crippen molar-refractivity contribution in [2.45, 2.75) is 51.2 Å². The summed E-state index contributed by atoms with van der Waals surface area (Å²) < 4.78 is 2.01. The molecule has 2 aromatic carbocycles. The first kappa shape index (κ1) is 25.0. The van der Waals surface area contributed by atoms with Crippen molar-refractivity contribution >= 4 is 33.9 Å². The molecule has 9 heteroatoms. The molecule has 4 aromatic rings.